The molecule has 1 aliphatic heterocycles. The molecule has 8 heteroatoms. The number of anilines is 1. The Hall–Kier alpha value is -3.00. The number of benzene rings is 2. The number of para-hydroxylation sites is 2. The smallest absolute Gasteiger partial charge is 0.324 e. The number of aromatic nitrogens is 2. The van der Waals surface area contributed by atoms with E-state index >= 15 is 0 Å². The quantitative estimate of drug-likeness (QED) is 0.612. The molecule has 3 amide bonds. The van der Waals surface area contributed by atoms with E-state index in [1.54, 1.807) is 16.7 Å². The van der Waals surface area contributed by atoms with Crippen molar-refractivity contribution in [3.05, 3.63) is 60.2 Å². The van der Waals surface area contributed by atoms with Gasteiger partial charge in [0, 0.05) is 19.6 Å². The van der Waals surface area contributed by atoms with Crippen LogP contribution in [0.5, 0.6) is 0 Å². The third-order valence-electron chi connectivity index (χ3n) is 5.20. The van der Waals surface area contributed by atoms with Crippen LogP contribution >= 0.6 is 11.8 Å². The molecule has 0 aliphatic carbocycles. The zero-order valence-electron chi connectivity index (χ0n) is 16.9. The highest BCUT2D eigenvalue weighted by Gasteiger charge is 2.31. The summed E-state index contributed by atoms with van der Waals surface area (Å²) in [6, 6.07) is 16.7. The zero-order valence-corrected chi connectivity index (χ0v) is 17.7. The lowest BCUT2D eigenvalue weighted by molar-refractivity contribution is -0.123. The van der Waals surface area contributed by atoms with Gasteiger partial charge in [0.25, 0.3) is 0 Å². The molecule has 0 bridgehead atoms. The zero-order chi connectivity index (χ0) is 20.9. The Labute approximate surface area is 179 Å². The lowest BCUT2D eigenvalue weighted by Gasteiger charge is -2.22. The minimum absolute atomic E-state index is 0.172. The van der Waals surface area contributed by atoms with Crippen molar-refractivity contribution in [2.45, 2.75) is 25.6 Å². The largest absolute Gasteiger partial charge is 0.350 e. The van der Waals surface area contributed by atoms with Crippen molar-refractivity contribution in [3.8, 4) is 0 Å². The van der Waals surface area contributed by atoms with Crippen LogP contribution in [-0.4, -0.2) is 46.1 Å². The Balaban J connectivity index is 1.44. The number of rotatable bonds is 7. The normalized spacial score (nSPS) is 13.8. The maximum absolute atomic E-state index is 13.0. The van der Waals surface area contributed by atoms with E-state index in [1.807, 2.05) is 65.4 Å². The minimum Gasteiger partial charge on any atom is -0.350 e. The lowest BCUT2D eigenvalue weighted by atomic mass is 10.2. The van der Waals surface area contributed by atoms with E-state index in [1.165, 1.54) is 0 Å². The van der Waals surface area contributed by atoms with Gasteiger partial charge in [-0.1, -0.05) is 42.5 Å². The monoisotopic (exact) mass is 423 g/mol. The van der Waals surface area contributed by atoms with E-state index in [2.05, 4.69) is 15.6 Å². The highest BCUT2D eigenvalue weighted by molar-refractivity contribution is 7.98. The van der Waals surface area contributed by atoms with Crippen LogP contribution in [0.1, 0.15) is 12.0 Å². The molecule has 1 atom stereocenters. The first-order valence-corrected chi connectivity index (χ1v) is 11.4. The first-order chi connectivity index (χ1) is 14.7. The minimum atomic E-state index is -0.591. The number of nitrogens with one attached hydrogen (secondary N) is 2. The van der Waals surface area contributed by atoms with Crippen molar-refractivity contribution in [1.29, 1.82) is 0 Å². The van der Waals surface area contributed by atoms with E-state index < -0.39 is 6.04 Å². The van der Waals surface area contributed by atoms with Crippen molar-refractivity contribution in [3.63, 3.8) is 0 Å². The van der Waals surface area contributed by atoms with E-state index in [-0.39, 0.29) is 11.9 Å². The van der Waals surface area contributed by atoms with Crippen molar-refractivity contribution in [2.75, 3.05) is 23.5 Å². The van der Waals surface area contributed by atoms with Crippen molar-refractivity contribution in [1.82, 2.24) is 20.2 Å². The second kappa shape index (κ2) is 9.21. The van der Waals surface area contributed by atoms with Gasteiger partial charge in [0.2, 0.25) is 11.9 Å². The van der Waals surface area contributed by atoms with Crippen LogP contribution in [0.25, 0.3) is 11.0 Å². The molecule has 0 radical (unpaired) electrons. The highest BCUT2D eigenvalue weighted by atomic mass is 32.2. The van der Waals surface area contributed by atoms with Gasteiger partial charge in [0.15, 0.2) is 0 Å². The molecule has 2 aromatic carbocycles. The topological polar surface area (TPSA) is 79.3 Å². The van der Waals surface area contributed by atoms with Gasteiger partial charge in [-0.3, -0.25) is 9.69 Å². The van der Waals surface area contributed by atoms with E-state index in [0.717, 1.165) is 22.3 Å². The molecule has 1 aliphatic rings. The van der Waals surface area contributed by atoms with Gasteiger partial charge < -0.3 is 15.2 Å². The fraction of sp³-hybridized carbons (Fsp3) is 0.318. The van der Waals surface area contributed by atoms with E-state index in [4.69, 9.17) is 0 Å². The molecule has 2 heterocycles. The fourth-order valence-corrected chi connectivity index (χ4v) is 4.09. The van der Waals surface area contributed by atoms with Crippen LogP contribution < -0.4 is 15.5 Å². The standard InChI is InChI=1S/C22H25N5O2S/c1-30-14-11-18(20(28)23-15-16-7-3-2-4-8-16)25-22(29)27-13-12-26-19-10-6-5-9-17(19)24-21(26)27/h2-10,18H,11-15H2,1H3,(H,23,28)(H,25,29)/t18-/m0/s1. The van der Waals surface area contributed by atoms with E-state index in [0.29, 0.717) is 32.0 Å². The predicted molar refractivity (Wildman–Crippen MR) is 121 cm³/mol. The summed E-state index contributed by atoms with van der Waals surface area (Å²) in [6.07, 6.45) is 2.56. The Morgan fingerprint density at radius 3 is 2.67 bits per heavy atom. The number of hydrogen-bond donors (Lipinski definition) is 2. The van der Waals surface area contributed by atoms with Gasteiger partial charge in [-0.05, 0) is 36.1 Å². The first kappa shape index (κ1) is 20.3. The molecule has 0 spiro atoms. The summed E-state index contributed by atoms with van der Waals surface area (Å²) in [7, 11) is 0. The molecule has 2 N–H and O–H groups in total. The van der Waals surface area contributed by atoms with Gasteiger partial charge >= 0.3 is 6.03 Å². The molecule has 7 nitrogen and oxygen atoms in total. The number of thioether (sulfide) groups is 1. The summed E-state index contributed by atoms with van der Waals surface area (Å²) in [5.74, 6) is 1.23. The molecule has 0 saturated carbocycles. The van der Waals surface area contributed by atoms with Gasteiger partial charge in [-0.25, -0.2) is 9.78 Å². The van der Waals surface area contributed by atoms with Gasteiger partial charge in [0.05, 0.1) is 11.0 Å². The molecule has 0 unspecified atom stereocenters. The van der Waals surface area contributed by atoms with Crippen molar-refractivity contribution in [2.24, 2.45) is 0 Å². The number of urea groups is 1. The van der Waals surface area contributed by atoms with Crippen molar-refractivity contribution >= 4 is 40.7 Å². The highest BCUT2D eigenvalue weighted by Crippen LogP contribution is 2.27. The number of imidazole rings is 1. The van der Waals surface area contributed by atoms with Crippen LogP contribution in [0.4, 0.5) is 10.7 Å². The van der Waals surface area contributed by atoms with Gasteiger partial charge in [-0.15, -0.1) is 0 Å². The summed E-state index contributed by atoms with van der Waals surface area (Å²) < 4.78 is 2.04. The molecular formula is C22H25N5O2S. The summed E-state index contributed by atoms with van der Waals surface area (Å²) in [6.45, 7) is 1.67. The Morgan fingerprint density at radius 2 is 1.87 bits per heavy atom. The Morgan fingerprint density at radius 1 is 1.10 bits per heavy atom. The second-order valence-corrected chi connectivity index (χ2v) is 8.18. The Bertz CT molecular complexity index is 1040. The van der Waals surface area contributed by atoms with Crippen LogP contribution in [0.2, 0.25) is 0 Å². The molecule has 156 valence electrons. The Kier molecular flexibility index (Phi) is 6.23. The van der Waals surface area contributed by atoms with Crippen LogP contribution in [0, 0.1) is 0 Å². The maximum Gasteiger partial charge on any atom is 0.324 e. The molecule has 0 fully saturated rings. The summed E-state index contributed by atoms with van der Waals surface area (Å²) >= 11 is 1.65. The van der Waals surface area contributed by atoms with Crippen LogP contribution in [-0.2, 0) is 17.9 Å². The average molecular weight is 424 g/mol. The summed E-state index contributed by atoms with van der Waals surface area (Å²) in [4.78, 5) is 32.0. The molecule has 3 aromatic rings. The predicted octanol–water partition coefficient (Wildman–Crippen LogP) is 3.00. The second-order valence-electron chi connectivity index (χ2n) is 7.19. The van der Waals surface area contributed by atoms with E-state index in [9.17, 15) is 9.59 Å². The number of carbonyl (C=O) groups is 2. The third-order valence-corrected chi connectivity index (χ3v) is 5.85. The van der Waals surface area contributed by atoms with Crippen molar-refractivity contribution < 1.29 is 9.59 Å². The molecular weight excluding hydrogens is 398 g/mol. The van der Waals surface area contributed by atoms with Gasteiger partial charge in [-0.2, -0.15) is 11.8 Å². The summed E-state index contributed by atoms with van der Waals surface area (Å²) in [5, 5.41) is 5.87. The number of amides is 3. The lowest BCUT2D eigenvalue weighted by Crippen LogP contribution is -2.51. The van der Waals surface area contributed by atoms with Gasteiger partial charge in [0.1, 0.15) is 6.04 Å². The number of fused-ring (bicyclic) bond motifs is 3. The fourth-order valence-electron chi connectivity index (χ4n) is 3.62. The van der Waals surface area contributed by atoms with Crippen LogP contribution in [0.15, 0.2) is 54.6 Å². The number of hydrogen-bond acceptors (Lipinski definition) is 4. The molecule has 1 aromatic heterocycles. The summed E-state index contributed by atoms with van der Waals surface area (Å²) in [5.41, 5.74) is 2.90. The molecule has 0 saturated heterocycles. The first-order valence-electron chi connectivity index (χ1n) is 10.0. The maximum atomic E-state index is 13.0. The molecule has 30 heavy (non-hydrogen) atoms. The number of carbonyl (C=O) groups excluding carboxylic acids is 2. The third kappa shape index (κ3) is 4.28. The average Bonchev–Trinajstić information content (AvgIpc) is 3.35. The molecule has 4 rings (SSSR count). The van der Waals surface area contributed by atoms with Crippen LogP contribution in [0.3, 0.4) is 0 Å². The SMILES string of the molecule is CSCC[C@H](NC(=O)N1CCn2c1nc1ccccc12)C(=O)NCc1ccccc1. The number of nitrogens with zero attached hydrogens (tertiary/aromatic N) is 3.